The molecular formula is C23H21ClN4O. The predicted molar refractivity (Wildman–Crippen MR) is 116 cm³/mol. The molecule has 3 aromatic heterocycles. The van der Waals surface area contributed by atoms with Crippen molar-refractivity contribution >= 4 is 29.0 Å². The first-order valence-corrected chi connectivity index (χ1v) is 9.76. The molecule has 0 aliphatic heterocycles. The zero-order valence-corrected chi connectivity index (χ0v) is 17.3. The number of aromatic nitrogens is 3. The fraction of sp³-hybridized carbons (Fsp3) is 0.174. The van der Waals surface area contributed by atoms with Crippen LogP contribution in [0.5, 0.6) is 0 Å². The van der Waals surface area contributed by atoms with Crippen molar-refractivity contribution in [1.29, 1.82) is 0 Å². The zero-order chi connectivity index (χ0) is 20.5. The number of nitrogens with zero attached hydrogens (tertiary/aromatic N) is 3. The first kappa shape index (κ1) is 19.2. The standard InChI is InChI=1S/C23H21ClN4O/c1-14-6-7-17(11-16(14)3)22-19(28-10-4-5-15(2)23(28)27-22)12-21(29)26-20-9-8-18(24)13-25-20/h4-11,13H,12H2,1-3H3,(H,25,26,29). The van der Waals surface area contributed by atoms with Gasteiger partial charge in [-0.25, -0.2) is 9.97 Å². The first-order chi connectivity index (χ1) is 13.9. The maximum Gasteiger partial charge on any atom is 0.231 e. The summed E-state index contributed by atoms with van der Waals surface area (Å²) in [5.41, 5.74) is 7.00. The van der Waals surface area contributed by atoms with Gasteiger partial charge in [-0.2, -0.15) is 0 Å². The number of nitrogens with one attached hydrogen (secondary N) is 1. The SMILES string of the molecule is Cc1ccc(-c2nc3c(C)cccn3c2CC(=O)Nc2ccc(Cl)cn2)cc1C. The molecule has 1 N–H and O–H groups in total. The topological polar surface area (TPSA) is 59.3 Å². The number of benzene rings is 1. The molecule has 29 heavy (non-hydrogen) atoms. The third-order valence-electron chi connectivity index (χ3n) is 5.05. The van der Waals surface area contributed by atoms with Crippen LogP contribution in [0, 0.1) is 20.8 Å². The van der Waals surface area contributed by atoms with Gasteiger partial charge in [0.1, 0.15) is 11.5 Å². The van der Waals surface area contributed by atoms with Crippen molar-refractivity contribution in [3.05, 3.63) is 82.3 Å². The lowest BCUT2D eigenvalue weighted by molar-refractivity contribution is -0.115. The summed E-state index contributed by atoms with van der Waals surface area (Å²) >= 11 is 5.87. The van der Waals surface area contributed by atoms with Gasteiger partial charge < -0.3 is 9.72 Å². The van der Waals surface area contributed by atoms with Crippen LogP contribution < -0.4 is 5.32 Å². The Balaban J connectivity index is 1.75. The van der Waals surface area contributed by atoms with Gasteiger partial charge >= 0.3 is 0 Å². The molecule has 0 atom stereocenters. The van der Waals surface area contributed by atoms with Gasteiger partial charge in [-0.1, -0.05) is 29.8 Å². The van der Waals surface area contributed by atoms with E-state index < -0.39 is 0 Å². The van der Waals surface area contributed by atoms with E-state index in [4.69, 9.17) is 16.6 Å². The lowest BCUT2D eigenvalue weighted by atomic mass is 10.0. The van der Waals surface area contributed by atoms with Gasteiger partial charge in [-0.15, -0.1) is 0 Å². The summed E-state index contributed by atoms with van der Waals surface area (Å²) in [7, 11) is 0. The highest BCUT2D eigenvalue weighted by atomic mass is 35.5. The van der Waals surface area contributed by atoms with Crippen molar-refractivity contribution in [2.75, 3.05) is 5.32 Å². The summed E-state index contributed by atoms with van der Waals surface area (Å²) in [5.74, 6) is 0.311. The van der Waals surface area contributed by atoms with Crippen LogP contribution in [0.25, 0.3) is 16.9 Å². The number of anilines is 1. The molecule has 0 unspecified atom stereocenters. The van der Waals surface area contributed by atoms with E-state index in [0.29, 0.717) is 10.8 Å². The van der Waals surface area contributed by atoms with E-state index >= 15 is 0 Å². The van der Waals surface area contributed by atoms with Gasteiger partial charge in [0, 0.05) is 18.0 Å². The molecule has 1 aromatic carbocycles. The predicted octanol–water partition coefficient (Wildman–Crippen LogP) is 5.16. The maximum atomic E-state index is 12.8. The van der Waals surface area contributed by atoms with Crippen LogP contribution in [-0.2, 0) is 11.2 Å². The Morgan fingerprint density at radius 2 is 1.90 bits per heavy atom. The Labute approximate surface area is 174 Å². The zero-order valence-electron chi connectivity index (χ0n) is 16.5. The quantitative estimate of drug-likeness (QED) is 0.511. The Morgan fingerprint density at radius 3 is 2.62 bits per heavy atom. The van der Waals surface area contributed by atoms with Crippen molar-refractivity contribution < 1.29 is 4.79 Å². The Kier molecular flexibility index (Phi) is 5.07. The molecule has 3 heterocycles. The third kappa shape index (κ3) is 3.87. The van der Waals surface area contributed by atoms with E-state index in [2.05, 4.69) is 42.3 Å². The first-order valence-electron chi connectivity index (χ1n) is 9.38. The Morgan fingerprint density at radius 1 is 1.07 bits per heavy atom. The Hall–Kier alpha value is -3.18. The number of pyridine rings is 2. The lowest BCUT2D eigenvalue weighted by Crippen LogP contribution is -2.16. The second kappa shape index (κ2) is 7.68. The van der Waals surface area contributed by atoms with E-state index in [-0.39, 0.29) is 12.3 Å². The Bertz CT molecular complexity index is 1210. The van der Waals surface area contributed by atoms with E-state index in [1.807, 2.05) is 29.7 Å². The van der Waals surface area contributed by atoms with E-state index in [1.54, 1.807) is 12.1 Å². The number of halogens is 1. The number of aryl methyl sites for hydroxylation is 3. The molecule has 4 rings (SSSR count). The van der Waals surface area contributed by atoms with Crippen LogP contribution in [0.4, 0.5) is 5.82 Å². The molecule has 0 fully saturated rings. The monoisotopic (exact) mass is 404 g/mol. The maximum absolute atomic E-state index is 12.8. The largest absolute Gasteiger partial charge is 0.310 e. The van der Waals surface area contributed by atoms with Crippen LogP contribution in [0.2, 0.25) is 5.02 Å². The van der Waals surface area contributed by atoms with Crippen LogP contribution in [0.3, 0.4) is 0 Å². The molecule has 146 valence electrons. The van der Waals surface area contributed by atoms with Crippen LogP contribution in [0.1, 0.15) is 22.4 Å². The second-order valence-corrected chi connectivity index (χ2v) is 7.61. The summed E-state index contributed by atoms with van der Waals surface area (Å²) in [6, 6.07) is 13.6. The number of hydrogen-bond donors (Lipinski definition) is 1. The number of rotatable bonds is 4. The second-order valence-electron chi connectivity index (χ2n) is 7.18. The number of fused-ring (bicyclic) bond motifs is 1. The molecule has 0 aliphatic rings. The molecule has 0 saturated carbocycles. The van der Waals surface area contributed by atoms with E-state index in [1.165, 1.54) is 17.3 Å². The van der Waals surface area contributed by atoms with Gasteiger partial charge in [0.25, 0.3) is 0 Å². The molecule has 6 heteroatoms. The minimum atomic E-state index is -0.159. The molecule has 0 saturated heterocycles. The highest BCUT2D eigenvalue weighted by molar-refractivity contribution is 6.30. The molecule has 0 bridgehead atoms. The highest BCUT2D eigenvalue weighted by Crippen LogP contribution is 2.28. The fourth-order valence-corrected chi connectivity index (χ4v) is 3.44. The number of carbonyl (C=O) groups is 1. The van der Waals surface area contributed by atoms with Gasteiger partial charge in [0.05, 0.1) is 22.8 Å². The van der Waals surface area contributed by atoms with Crippen molar-refractivity contribution in [2.45, 2.75) is 27.2 Å². The van der Waals surface area contributed by atoms with Crippen LogP contribution in [0.15, 0.2) is 54.9 Å². The summed E-state index contributed by atoms with van der Waals surface area (Å²) < 4.78 is 1.99. The minimum Gasteiger partial charge on any atom is -0.310 e. The summed E-state index contributed by atoms with van der Waals surface area (Å²) in [6.45, 7) is 6.19. The summed E-state index contributed by atoms with van der Waals surface area (Å²) in [6.07, 6.45) is 3.63. The molecule has 0 spiro atoms. The molecule has 1 amide bonds. The summed E-state index contributed by atoms with van der Waals surface area (Å²) in [4.78, 5) is 21.8. The van der Waals surface area contributed by atoms with Gasteiger partial charge in [-0.05, 0) is 61.7 Å². The number of imidazole rings is 1. The van der Waals surface area contributed by atoms with E-state index in [0.717, 1.165) is 28.2 Å². The molecule has 5 nitrogen and oxygen atoms in total. The molecule has 4 aromatic rings. The number of carbonyl (C=O) groups excluding carboxylic acids is 1. The van der Waals surface area contributed by atoms with Crippen molar-refractivity contribution in [3.63, 3.8) is 0 Å². The average molecular weight is 405 g/mol. The molecule has 0 radical (unpaired) electrons. The molecule has 0 aliphatic carbocycles. The average Bonchev–Trinajstić information content (AvgIpc) is 3.06. The van der Waals surface area contributed by atoms with Gasteiger partial charge in [-0.3, -0.25) is 4.79 Å². The summed E-state index contributed by atoms with van der Waals surface area (Å²) in [5, 5.41) is 3.36. The van der Waals surface area contributed by atoms with Gasteiger partial charge in [0.15, 0.2) is 0 Å². The number of amides is 1. The highest BCUT2D eigenvalue weighted by Gasteiger charge is 2.18. The molecular weight excluding hydrogens is 384 g/mol. The van der Waals surface area contributed by atoms with Crippen molar-refractivity contribution in [3.8, 4) is 11.3 Å². The lowest BCUT2D eigenvalue weighted by Gasteiger charge is -2.08. The van der Waals surface area contributed by atoms with Crippen LogP contribution in [-0.4, -0.2) is 20.3 Å². The van der Waals surface area contributed by atoms with Crippen molar-refractivity contribution in [2.24, 2.45) is 0 Å². The van der Waals surface area contributed by atoms with E-state index in [9.17, 15) is 4.79 Å². The number of hydrogen-bond acceptors (Lipinski definition) is 3. The van der Waals surface area contributed by atoms with Crippen LogP contribution >= 0.6 is 11.6 Å². The fourth-order valence-electron chi connectivity index (χ4n) is 3.33. The third-order valence-corrected chi connectivity index (χ3v) is 5.27. The van der Waals surface area contributed by atoms with Crippen molar-refractivity contribution in [1.82, 2.24) is 14.4 Å². The smallest absolute Gasteiger partial charge is 0.231 e. The van der Waals surface area contributed by atoms with Gasteiger partial charge in [0.2, 0.25) is 5.91 Å². The minimum absolute atomic E-state index is 0.159. The normalized spacial score (nSPS) is 11.0.